The molecule has 30 heavy (non-hydrogen) atoms. The normalized spacial score (nSPS) is 30.7. The van der Waals surface area contributed by atoms with Gasteiger partial charge in [0.25, 0.3) is 0 Å². The van der Waals surface area contributed by atoms with Crippen LogP contribution >= 0.6 is 0 Å². The minimum atomic E-state index is -0.251. The summed E-state index contributed by atoms with van der Waals surface area (Å²) in [5.41, 5.74) is 1.17. The number of aryl methyl sites for hydroxylation is 1. The number of carbonyl (C=O) groups is 1. The van der Waals surface area contributed by atoms with Crippen LogP contribution in [0.5, 0.6) is 5.75 Å². The van der Waals surface area contributed by atoms with Gasteiger partial charge in [0.1, 0.15) is 5.75 Å². The summed E-state index contributed by atoms with van der Waals surface area (Å²) in [5.74, 6) is 2.26. The molecule has 3 fully saturated rings. The number of nitrogens with zero attached hydrogens (tertiary/aromatic N) is 2. The number of esters is 1. The second-order valence-electron chi connectivity index (χ2n) is 9.33. The Hall–Kier alpha value is -2.37. The molecule has 1 aromatic rings. The summed E-state index contributed by atoms with van der Waals surface area (Å²) in [4.78, 5) is 16.2. The van der Waals surface area contributed by atoms with E-state index in [0.717, 1.165) is 55.6 Å². The molecule has 2 saturated carbocycles. The zero-order valence-corrected chi connectivity index (χ0v) is 17.7. The summed E-state index contributed by atoms with van der Waals surface area (Å²) in [6.45, 7) is 10.1. The van der Waals surface area contributed by atoms with Crippen LogP contribution < -0.4 is 4.74 Å². The molecule has 1 heterocycles. The first kappa shape index (κ1) is 20.9. The van der Waals surface area contributed by atoms with Crippen molar-refractivity contribution in [1.82, 2.24) is 0 Å². The van der Waals surface area contributed by atoms with Gasteiger partial charge in [0.2, 0.25) is 5.69 Å². The van der Waals surface area contributed by atoms with Gasteiger partial charge < -0.3 is 9.47 Å². The van der Waals surface area contributed by atoms with Crippen LogP contribution in [0.1, 0.15) is 68.9 Å². The van der Waals surface area contributed by atoms with E-state index in [4.69, 9.17) is 16.0 Å². The summed E-state index contributed by atoms with van der Waals surface area (Å²) < 4.78 is 11.0. The summed E-state index contributed by atoms with van der Waals surface area (Å²) in [6, 6.07) is 5.43. The Balaban J connectivity index is 1.28. The Kier molecular flexibility index (Phi) is 6.40. The SMILES string of the molecule is [C-]#[N+]c1c(OC(=O)C2CCC(C3CCC(CC4CO4)CC3)CC2)ccc(C)c1C#N. The lowest BCUT2D eigenvalue weighted by molar-refractivity contribution is -0.140. The van der Waals surface area contributed by atoms with Crippen molar-refractivity contribution in [3.8, 4) is 11.8 Å². The maximum atomic E-state index is 12.7. The molecule has 1 aromatic carbocycles. The van der Waals surface area contributed by atoms with E-state index in [1.807, 2.05) is 0 Å². The van der Waals surface area contributed by atoms with Crippen molar-refractivity contribution in [3.63, 3.8) is 0 Å². The van der Waals surface area contributed by atoms with E-state index in [1.54, 1.807) is 19.1 Å². The van der Waals surface area contributed by atoms with Crippen LogP contribution in [0.25, 0.3) is 4.85 Å². The largest absolute Gasteiger partial charge is 0.438 e. The molecule has 4 rings (SSSR count). The second kappa shape index (κ2) is 9.19. The molecule has 5 heteroatoms. The number of benzene rings is 1. The van der Waals surface area contributed by atoms with Crippen LogP contribution in [-0.4, -0.2) is 18.7 Å². The number of epoxide rings is 1. The summed E-state index contributed by atoms with van der Waals surface area (Å²) in [6.07, 6.45) is 11.0. The topological polar surface area (TPSA) is 67.0 Å². The highest BCUT2D eigenvalue weighted by Gasteiger charge is 2.35. The van der Waals surface area contributed by atoms with Crippen molar-refractivity contribution in [2.24, 2.45) is 23.7 Å². The maximum Gasteiger partial charge on any atom is 0.313 e. The van der Waals surface area contributed by atoms with Gasteiger partial charge in [-0.1, -0.05) is 18.9 Å². The molecule has 5 nitrogen and oxygen atoms in total. The van der Waals surface area contributed by atoms with Gasteiger partial charge in [0.05, 0.1) is 36.8 Å². The molecule has 2 aliphatic carbocycles. The molecule has 0 radical (unpaired) electrons. The fourth-order valence-corrected chi connectivity index (χ4v) is 5.50. The highest BCUT2D eigenvalue weighted by molar-refractivity contribution is 5.79. The maximum absolute atomic E-state index is 12.7. The van der Waals surface area contributed by atoms with Crippen molar-refractivity contribution < 1.29 is 14.3 Å². The van der Waals surface area contributed by atoms with Gasteiger partial charge in [-0.05, 0) is 81.3 Å². The van der Waals surface area contributed by atoms with Crippen molar-refractivity contribution in [3.05, 3.63) is 34.7 Å². The molecule has 0 bridgehead atoms. The first-order valence-electron chi connectivity index (χ1n) is 11.3. The Bertz CT molecular complexity index is 862. The van der Waals surface area contributed by atoms with E-state index in [0.29, 0.717) is 11.7 Å². The molecular formula is C25H30N2O3. The van der Waals surface area contributed by atoms with Gasteiger partial charge in [-0.15, -0.1) is 0 Å². The van der Waals surface area contributed by atoms with Crippen LogP contribution in [0, 0.1) is 48.5 Å². The number of nitriles is 1. The quantitative estimate of drug-likeness (QED) is 0.271. The molecule has 1 atom stereocenters. The third-order valence-electron chi connectivity index (χ3n) is 7.45. The number of hydrogen-bond acceptors (Lipinski definition) is 4. The molecule has 0 spiro atoms. The van der Waals surface area contributed by atoms with E-state index in [2.05, 4.69) is 10.9 Å². The van der Waals surface area contributed by atoms with Crippen LogP contribution in [0.3, 0.4) is 0 Å². The van der Waals surface area contributed by atoms with Gasteiger partial charge >= 0.3 is 5.97 Å². The highest BCUT2D eigenvalue weighted by Crippen LogP contribution is 2.43. The number of hydrogen-bond donors (Lipinski definition) is 0. The van der Waals surface area contributed by atoms with Gasteiger partial charge in [0.15, 0.2) is 0 Å². The first-order valence-corrected chi connectivity index (χ1v) is 11.3. The fraction of sp³-hybridized carbons (Fsp3) is 0.640. The van der Waals surface area contributed by atoms with E-state index in [9.17, 15) is 10.1 Å². The highest BCUT2D eigenvalue weighted by atomic mass is 16.6. The lowest BCUT2D eigenvalue weighted by Gasteiger charge is -2.37. The van der Waals surface area contributed by atoms with E-state index in [1.165, 1.54) is 32.1 Å². The van der Waals surface area contributed by atoms with Crippen LogP contribution in [0.2, 0.25) is 0 Å². The molecule has 0 N–H and O–H groups in total. The standard InChI is InChI=1S/C25H30N2O3/c1-16-3-12-23(24(27-2)22(16)14-26)30-25(28)20-10-8-19(9-11-20)18-6-4-17(5-7-18)13-21-15-29-21/h3,12,17-21H,4-11,13,15H2,1H3. The molecular weight excluding hydrogens is 376 g/mol. The zero-order chi connectivity index (χ0) is 21.1. The molecule has 158 valence electrons. The monoisotopic (exact) mass is 406 g/mol. The average molecular weight is 407 g/mol. The minimum absolute atomic E-state index is 0.102. The van der Waals surface area contributed by atoms with Gasteiger partial charge in [-0.3, -0.25) is 4.79 Å². The number of rotatable bonds is 5. The number of ether oxygens (including phenoxy) is 2. The minimum Gasteiger partial charge on any atom is -0.438 e. The molecule has 0 aromatic heterocycles. The average Bonchev–Trinajstić information content (AvgIpc) is 3.59. The Labute approximate surface area is 179 Å². The van der Waals surface area contributed by atoms with Crippen molar-refractivity contribution >= 4 is 11.7 Å². The third kappa shape index (κ3) is 4.68. The van der Waals surface area contributed by atoms with Gasteiger partial charge in [-0.2, -0.15) is 5.26 Å². The summed E-state index contributed by atoms with van der Waals surface area (Å²) in [5, 5.41) is 9.31. The molecule has 1 saturated heterocycles. The van der Waals surface area contributed by atoms with Gasteiger partial charge in [0, 0.05) is 0 Å². The Morgan fingerprint density at radius 3 is 2.37 bits per heavy atom. The molecule has 1 unspecified atom stereocenters. The Morgan fingerprint density at radius 1 is 1.17 bits per heavy atom. The predicted octanol–water partition coefficient (Wildman–Crippen LogP) is 5.72. The fourth-order valence-electron chi connectivity index (χ4n) is 5.50. The van der Waals surface area contributed by atoms with E-state index >= 15 is 0 Å². The number of carbonyl (C=O) groups excluding carboxylic acids is 1. The van der Waals surface area contributed by atoms with Crippen molar-refractivity contribution in [2.75, 3.05) is 6.61 Å². The first-order chi connectivity index (χ1) is 14.6. The van der Waals surface area contributed by atoms with E-state index < -0.39 is 0 Å². The lowest BCUT2D eigenvalue weighted by atomic mass is 9.68. The van der Waals surface area contributed by atoms with Crippen LogP contribution in [0.4, 0.5) is 5.69 Å². The molecule has 1 aliphatic heterocycles. The summed E-state index contributed by atoms with van der Waals surface area (Å²) >= 11 is 0. The smallest absolute Gasteiger partial charge is 0.313 e. The summed E-state index contributed by atoms with van der Waals surface area (Å²) in [7, 11) is 0. The second-order valence-corrected chi connectivity index (χ2v) is 9.33. The third-order valence-corrected chi connectivity index (χ3v) is 7.45. The zero-order valence-electron chi connectivity index (χ0n) is 17.7. The van der Waals surface area contributed by atoms with Gasteiger partial charge in [-0.25, -0.2) is 4.85 Å². The van der Waals surface area contributed by atoms with Crippen molar-refractivity contribution in [2.45, 2.75) is 70.8 Å². The van der Waals surface area contributed by atoms with E-state index in [-0.39, 0.29) is 23.3 Å². The van der Waals surface area contributed by atoms with Crippen LogP contribution in [0.15, 0.2) is 12.1 Å². The molecule has 3 aliphatic rings. The molecule has 0 amide bonds. The predicted molar refractivity (Wildman–Crippen MR) is 113 cm³/mol. The lowest BCUT2D eigenvalue weighted by Crippen LogP contribution is -2.30. The Morgan fingerprint density at radius 2 is 1.80 bits per heavy atom. The van der Waals surface area contributed by atoms with Crippen LogP contribution in [-0.2, 0) is 9.53 Å². The van der Waals surface area contributed by atoms with Crippen molar-refractivity contribution in [1.29, 1.82) is 5.26 Å².